The molecule has 0 aliphatic heterocycles. The van der Waals surface area contributed by atoms with Crippen LogP contribution in [-0.4, -0.2) is 37.0 Å². The number of rotatable bonds is 9. The molecule has 18 heavy (non-hydrogen) atoms. The summed E-state index contributed by atoms with van der Waals surface area (Å²) in [5, 5.41) is 13.5. The zero-order valence-corrected chi connectivity index (χ0v) is 12.3. The second-order valence-corrected chi connectivity index (χ2v) is 5.96. The third kappa shape index (κ3) is 6.17. The summed E-state index contributed by atoms with van der Waals surface area (Å²) < 4.78 is 5.48. The summed E-state index contributed by atoms with van der Waals surface area (Å²) >= 11 is 0. The minimum Gasteiger partial charge on any atom is -0.392 e. The van der Waals surface area contributed by atoms with E-state index in [9.17, 15) is 5.11 Å². The molecule has 0 saturated heterocycles. The van der Waals surface area contributed by atoms with Crippen LogP contribution in [0, 0.1) is 11.8 Å². The molecule has 1 fully saturated rings. The van der Waals surface area contributed by atoms with E-state index in [0.29, 0.717) is 18.5 Å². The second-order valence-electron chi connectivity index (χ2n) is 5.96. The van der Waals surface area contributed by atoms with E-state index in [4.69, 9.17) is 4.74 Å². The number of hydrogen-bond donors (Lipinski definition) is 2. The molecule has 1 saturated carbocycles. The van der Waals surface area contributed by atoms with E-state index in [1.807, 2.05) is 6.92 Å². The van der Waals surface area contributed by atoms with Crippen molar-refractivity contribution in [3.8, 4) is 0 Å². The van der Waals surface area contributed by atoms with Crippen LogP contribution >= 0.6 is 0 Å². The van der Waals surface area contributed by atoms with Crippen LogP contribution in [0.5, 0.6) is 0 Å². The molecular weight excluding hydrogens is 226 g/mol. The molecule has 0 aromatic rings. The van der Waals surface area contributed by atoms with Crippen molar-refractivity contribution in [2.45, 2.75) is 65.0 Å². The van der Waals surface area contributed by atoms with Crippen molar-refractivity contribution in [1.82, 2.24) is 5.32 Å². The van der Waals surface area contributed by atoms with Gasteiger partial charge in [-0.2, -0.15) is 0 Å². The Kier molecular flexibility index (Phi) is 7.87. The van der Waals surface area contributed by atoms with Crippen LogP contribution in [0.3, 0.4) is 0 Å². The SMILES string of the molecule is CCOCC(NCC(O)CC1CCCC1)C(C)C. The highest BCUT2D eigenvalue weighted by atomic mass is 16.5. The van der Waals surface area contributed by atoms with Gasteiger partial charge in [-0.1, -0.05) is 39.5 Å². The predicted molar refractivity (Wildman–Crippen MR) is 75.7 cm³/mol. The molecule has 0 heterocycles. The fourth-order valence-corrected chi connectivity index (χ4v) is 2.73. The topological polar surface area (TPSA) is 41.5 Å². The standard InChI is InChI=1S/C15H31NO2/c1-4-18-11-15(12(2)3)16-10-14(17)9-13-7-5-6-8-13/h12-17H,4-11H2,1-3H3. The van der Waals surface area contributed by atoms with Gasteiger partial charge in [-0.3, -0.25) is 0 Å². The third-order valence-corrected chi connectivity index (χ3v) is 4.00. The molecule has 0 radical (unpaired) electrons. The molecular formula is C15H31NO2. The van der Waals surface area contributed by atoms with Crippen LogP contribution < -0.4 is 5.32 Å². The van der Waals surface area contributed by atoms with Gasteiger partial charge < -0.3 is 15.2 Å². The van der Waals surface area contributed by atoms with Gasteiger partial charge in [-0.05, 0) is 25.2 Å². The molecule has 0 bridgehead atoms. The Bertz CT molecular complexity index is 203. The average Bonchev–Trinajstić information content (AvgIpc) is 2.81. The summed E-state index contributed by atoms with van der Waals surface area (Å²) in [7, 11) is 0. The van der Waals surface area contributed by atoms with Crippen LogP contribution in [0.2, 0.25) is 0 Å². The van der Waals surface area contributed by atoms with Gasteiger partial charge in [-0.15, -0.1) is 0 Å². The molecule has 3 nitrogen and oxygen atoms in total. The first-order chi connectivity index (χ1) is 8.63. The lowest BCUT2D eigenvalue weighted by molar-refractivity contribution is 0.0913. The van der Waals surface area contributed by atoms with Crippen LogP contribution in [0.15, 0.2) is 0 Å². The Morgan fingerprint density at radius 3 is 2.50 bits per heavy atom. The van der Waals surface area contributed by atoms with E-state index in [1.54, 1.807) is 0 Å². The van der Waals surface area contributed by atoms with Crippen molar-refractivity contribution < 1.29 is 9.84 Å². The quantitative estimate of drug-likeness (QED) is 0.667. The Labute approximate surface area is 112 Å². The lowest BCUT2D eigenvalue weighted by Crippen LogP contribution is -2.42. The first kappa shape index (κ1) is 15.9. The van der Waals surface area contributed by atoms with Gasteiger partial charge in [0.1, 0.15) is 0 Å². The van der Waals surface area contributed by atoms with E-state index in [1.165, 1.54) is 25.7 Å². The molecule has 1 aliphatic carbocycles. The fourth-order valence-electron chi connectivity index (χ4n) is 2.73. The molecule has 0 aromatic carbocycles. The summed E-state index contributed by atoms with van der Waals surface area (Å²) in [6, 6.07) is 0.350. The summed E-state index contributed by atoms with van der Waals surface area (Å²) in [4.78, 5) is 0. The summed E-state index contributed by atoms with van der Waals surface area (Å²) in [6.07, 6.45) is 6.09. The smallest absolute Gasteiger partial charge is 0.0667 e. The zero-order chi connectivity index (χ0) is 13.4. The predicted octanol–water partition coefficient (Wildman–Crippen LogP) is 2.58. The van der Waals surface area contributed by atoms with E-state index >= 15 is 0 Å². The minimum absolute atomic E-state index is 0.198. The monoisotopic (exact) mass is 257 g/mol. The van der Waals surface area contributed by atoms with Crippen molar-refractivity contribution in [1.29, 1.82) is 0 Å². The molecule has 1 rings (SSSR count). The van der Waals surface area contributed by atoms with Gasteiger partial charge in [-0.25, -0.2) is 0 Å². The normalized spacial score (nSPS) is 20.5. The Balaban J connectivity index is 2.18. The average molecular weight is 257 g/mol. The summed E-state index contributed by atoms with van der Waals surface area (Å²) in [6.45, 7) is 8.61. The van der Waals surface area contributed by atoms with Gasteiger partial charge in [0, 0.05) is 19.2 Å². The first-order valence-electron chi connectivity index (χ1n) is 7.62. The zero-order valence-electron chi connectivity index (χ0n) is 12.3. The molecule has 0 spiro atoms. The number of ether oxygens (including phenoxy) is 1. The maximum atomic E-state index is 10.1. The van der Waals surface area contributed by atoms with E-state index < -0.39 is 0 Å². The molecule has 3 heteroatoms. The number of nitrogens with one attached hydrogen (secondary N) is 1. The molecule has 0 amide bonds. The van der Waals surface area contributed by atoms with Crippen LogP contribution in [0.1, 0.15) is 52.9 Å². The largest absolute Gasteiger partial charge is 0.392 e. The molecule has 2 atom stereocenters. The maximum Gasteiger partial charge on any atom is 0.0667 e. The van der Waals surface area contributed by atoms with E-state index in [0.717, 1.165) is 25.6 Å². The number of aliphatic hydroxyl groups excluding tert-OH is 1. The van der Waals surface area contributed by atoms with Crippen molar-refractivity contribution in [2.24, 2.45) is 11.8 Å². The summed E-state index contributed by atoms with van der Waals surface area (Å²) in [5.41, 5.74) is 0. The van der Waals surface area contributed by atoms with Crippen LogP contribution in [0.25, 0.3) is 0 Å². The molecule has 1 aliphatic rings. The first-order valence-corrected chi connectivity index (χ1v) is 7.62. The van der Waals surface area contributed by atoms with Crippen molar-refractivity contribution in [2.75, 3.05) is 19.8 Å². The van der Waals surface area contributed by atoms with Crippen LogP contribution in [-0.2, 0) is 4.74 Å². The number of hydrogen-bond acceptors (Lipinski definition) is 3. The van der Waals surface area contributed by atoms with Crippen molar-refractivity contribution in [3.05, 3.63) is 0 Å². The van der Waals surface area contributed by atoms with Gasteiger partial charge in [0.15, 0.2) is 0 Å². The maximum absolute atomic E-state index is 10.1. The Morgan fingerprint density at radius 2 is 1.94 bits per heavy atom. The van der Waals surface area contributed by atoms with Crippen molar-refractivity contribution >= 4 is 0 Å². The lowest BCUT2D eigenvalue weighted by atomic mass is 9.99. The third-order valence-electron chi connectivity index (χ3n) is 4.00. The minimum atomic E-state index is -0.198. The Morgan fingerprint density at radius 1 is 1.28 bits per heavy atom. The molecule has 0 aromatic heterocycles. The highest BCUT2D eigenvalue weighted by molar-refractivity contribution is 4.76. The van der Waals surface area contributed by atoms with Crippen molar-refractivity contribution in [3.63, 3.8) is 0 Å². The summed E-state index contributed by atoms with van der Waals surface area (Å²) in [5.74, 6) is 1.29. The highest BCUT2D eigenvalue weighted by Gasteiger charge is 2.20. The van der Waals surface area contributed by atoms with E-state index in [2.05, 4.69) is 19.2 Å². The van der Waals surface area contributed by atoms with Crippen LogP contribution in [0.4, 0.5) is 0 Å². The van der Waals surface area contributed by atoms with Gasteiger partial charge in [0.2, 0.25) is 0 Å². The van der Waals surface area contributed by atoms with Gasteiger partial charge in [0.25, 0.3) is 0 Å². The fraction of sp³-hybridized carbons (Fsp3) is 1.00. The highest BCUT2D eigenvalue weighted by Crippen LogP contribution is 2.28. The van der Waals surface area contributed by atoms with Gasteiger partial charge in [0.05, 0.1) is 12.7 Å². The molecule has 2 unspecified atom stereocenters. The lowest BCUT2D eigenvalue weighted by Gasteiger charge is -2.24. The van der Waals surface area contributed by atoms with Gasteiger partial charge >= 0.3 is 0 Å². The molecule has 2 N–H and O–H groups in total. The second kappa shape index (κ2) is 8.89. The Hall–Kier alpha value is -0.120. The number of aliphatic hydroxyl groups is 1. The molecule has 108 valence electrons. The van der Waals surface area contributed by atoms with E-state index in [-0.39, 0.29) is 6.10 Å².